The quantitative estimate of drug-likeness (QED) is 0.495. The number of nitrogens with one attached hydrogen (secondary N) is 2. The molecular weight excluding hydrogens is 448 g/mol. The van der Waals surface area contributed by atoms with Crippen molar-refractivity contribution in [3.05, 3.63) is 64.3 Å². The molecule has 34 heavy (non-hydrogen) atoms. The standard InChI is InChI=1S/C26H32N4O3S/c1-17(20-8-5-11-28-15-20)12-23(31)30-25-24(27)21-10-9-19(13-22(21)34-25)16-33-26(32)29-14-18-6-3-2-4-7-18/h3,5-8,11,15,17,19H,2,4,9-10,12-14,16,27H2,1H3,(H,29,32)(H,30,31). The number of pyridine rings is 1. The van der Waals surface area contributed by atoms with Crippen LogP contribution in [0.2, 0.25) is 0 Å². The largest absolute Gasteiger partial charge is 0.449 e. The van der Waals surface area contributed by atoms with Crippen molar-refractivity contribution in [3.8, 4) is 0 Å². The van der Waals surface area contributed by atoms with Gasteiger partial charge in [0.1, 0.15) is 5.00 Å². The molecule has 4 rings (SSSR count). The number of carbonyl (C=O) groups excluding carboxylic acids is 2. The lowest BCUT2D eigenvalue weighted by atomic mass is 9.89. The number of fused-ring (bicyclic) bond motifs is 1. The fourth-order valence-corrected chi connectivity index (χ4v) is 5.67. The molecule has 0 fully saturated rings. The molecule has 7 nitrogen and oxygen atoms in total. The number of hydrogen-bond acceptors (Lipinski definition) is 6. The number of allylic oxidation sites excluding steroid dienone is 2. The van der Waals surface area contributed by atoms with E-state index in [1.54, 1.807) is 12.4 Å². The van der Waals surface area contributed by atoms with Crippen molar-refractivity contribution in [2.45, 2.75) is 51.4 Å². The predicted molar refractivity (Wildman–Crippen MR) is 136 cm³/mol. The maximum Gasteiger partial charge on any atom is 0.407 e. The van der Waals surface area contributed by atoms with Crippen molar-refractivity contribution < 1.29 is 14.3 Å². The molecule has 2 unspecified atom stereocenters. The summed E-state index contributed by atoms with van der Waals surface area (Å²) in [7, 11) is 0. The van der Waals surface area contributed by atoms with Gasteiger partial charge in [-0.25, -0.2) is 4.79 Å². The van der Waals surface area contributed by atoms with Crippen LogP contribution in [0, 0.1) is 5.92 Å². The Bertz CT molecular complexity index is 1080. The van der Waals surface area contributed by atoms with E-state index in [0.717, 1.165) is 53.8 Å². The molecule has 2 amide bonds. The van der Waals surface area contributed by atoms with Crippen LogP contribution in [0.25, 0.3) is 0 Å². The van der Waals surface area contributed by atoms with E-state index in [1.165, 1.54) is 16.2 Å². The van der Waals surface area contributed by atoms with Crippen LogP contribution < -0.4 is 16.4 Å². The van der Waals surface area contributed by atoms with Gasteiger partial charge in [0, 0.05) is 30.2 Å². The van der Waals surface area contributed by atoms with Gasteiger partial charge in [-0.05, 0) is 66.7 Å². The summed E-state index contributed by atoms with van der Waals surface area (Å²) in [5.41, 5.74) is 10.3. The van der Waals surface area contributed by atoms with Crippen LogP contribution in [-0.4, -0.2) is 30.1 Å². The van der Waals surface area contributed by atoms with Crippen LogP contribution in [0.1, 0.15) is 54.5 Å². The molecule has 0 bridgehead atoms. The van der Waals surface area contributed by atoms with Gasteiger partial charge in [-0.2, -0.15) is 0 Å². The SMILES string of the molecule is CC(CC(=O)Nc1sc2c(c1N)CCC(COC(=O)NCC1=CCCC=C1)C2)c1cccnc1. The number of thiophene rings is 1. The Morgan fingerprint density at radius 1 is 1.35 bits per heavy atom. The summed E-state index contributed by atoms with van der Waals surface area (Å²) < 4.78 is 5.47. The average Bonchev–Trinajstić information content (AvgIpc) is 3.16. The molecule has 0 spiro atoms. The highest BCUT2D eigenvalue weighted by Gasteiger charge is 2.26. The number of amides is 2. The van der Waals surface area contributed by atoms with Crippen molar-refractivity contribution in [2.24, 2.45) is 5.92 Å². The molecule has 2 aliphatic rings. The lowest BCUT2D eigenvalue weighted by Crippen LogP contribution is -2.29. The molecule has 0 saturated heterocycles. The first-order valence-corrected chi connectivity index (χ1v) is 12.7. The molecule has 4 N–H and O–H groups in total. The summed E-state index contributed by atoms with van der Waals surface area (Å²) in [4.78, 5) is 30.0. The molecule has 2 aromatic rings. The first-order chi connectivity index (χ1) is 16.5. The minimum atomic E-state index is -0.382. The normalized spacial score (nSPS) is 17.9. The summed E-state index contributed by atoms with van der Waals surface area (Å²) in [6, 6.07) is 3.86. The van der Waals surface area contributed by atoms with Crippen molar-refractivity contribution in [1.82, 2.24) is 10.3 Å². The van der Waals surface area contributed by atoms with Crippen LogP contribution in [-0.2, 0) is 22.4 Å². The molecular formula is C26H32N4O3S. The van der Waals surface area contributed by atoms with Crippen molar-refractivity contribution >= 4 is 34.0 Å². The number of rotatable bonds is 8. The van der Waals surface area contributed by atoms with Gasteiger partial charge in [-0.1, -0.05) is 31.2 Å². The van der Waals surface area contributed by atoms with Crippen molar-refractivity contribution in [3.63, 3.8) is 0 Å². The molecule has 0 radical (unpaired) electrons. The second-order valence-electron chi connectivity index (χ2n) is 9.01. The molecule has 2 heterocycles. The molecule has 0 aliphatic heterocycles. The van der Waals surface area contributed by atoms with Gasteiger partial charge in [0.2, 0.25) is 5.91 Å². The summed E-state index contributed by atoms with van der Waals surface area (Å²) >= 11 is 1.54. The van der Waals surface area contributed by atoms with Gasteiger partial charge in [0.25, 0.3) is 0 Å². The average molecular weight is 481 g/mol. The molecule has 2 aliphatic carbocycles. The van der Waals surface area contributed by atoms with Gasteiger partial charge in [0.15, 0.2) is 0 Å². The third-order valence-electron chi connectivity index (χ3n) is 6.37. The van der Waals surface area contributed by atoms with Gasteiger partial charge in [-0.3, -0.25) is 9.78 Å². The Balaban J connectivity index is 1.25. The summed E-state index contributed by atoms with van der Waals surface area (Å²) in [6.45, 7) is 2.89. The van der Waals surface area contributed by atoms with Crippen LogP contribution in [0.15, 0.2) is 48.3 Å². The molecule has 2 aromatic heterocycles. The van der Waals surface area contributed by atoms with Crippen LogP contribution in [0.3, 0.4) is 0 Å². The minimum Gasteiger partial charge on any atom is -0.449 e. The van der Waals surface area contributed by atoms with E-state index in [4.69, 9.17) is 10.5 Å². The lowest BCUT2D eigenvalue weighted by molar-refractivity contribution is -0.116. The Morgan fingerprint density at radius 2 is 2.24 bits per heavy atom. The maximum absolute atomic E-state index is 12.6. The maximum atomic E-state index is 12.6. The van der Waals surface area contributed by atoms with E-state index in [9.17, 15) is 9.59 Å². The fraction of sp³-hybridized carbons (Fsp3) is 0.423. The zero-order valence-electron chi connectivity index (χ0n) is 19.5. The number of nitrogens with zero attached hydrogens (tertiary/aromatic N) is 1. The van der Waals surface area contributed by atoms with E-state index < -0.39 is 0 Å². The number of anilines is 2. The predicted octanol–water partition coefficient (Wildman–Crippen LogP) is 4.97. The third-order valence-corrected chi connectivity index (χ3v) is 7.55. The second-order valence-corrected chi connectivity index (χ2v) is 10.1. The first-order valence-electron chi connectivity index (χ1n) is 11.9. The summed E-state index contributed by atoms with van der Waals surface area (Å²) in [5, 5.41) is 6.56. The Morgan fingerprint density at radius 3 is 3.00 bits per heavy atom. The van der Waals surface area contributed by atoms with E-state index >= 15 is 0 Å². The van der Waals surface area contributed by atoms with Gasteiger partial charge in [-0.15, -0.1) is 11.3 Å². The van der Waals surface area contributed by atoms with E-state index in [1.807, 2.05) is 25.1 Å². The van der Waals surface area contributed by atoms with Gasteiger partial charge < -0.3 is 21.1 Å². The fourth-order valence-electron chi connectivity index (χ4n) is 4.37. The molecule has 180 valence electrons. The Hall–Kier alpha value is -3.13. The highest BCUT2D eigenvalue weighted by atomic mass is 32.1. The van der Waals surface area contributed by atoms with Crippen LogP contribution in [0.4, 0.5) is 15.5 Å². The van der Waals surface area contributed by atoms with Crippen molar-refractivity contribution in [2.75, 3.05) is 24.2 Å². The first kappa shape index (κ1) is 24.0. The molecule has 0 saturated carbocycles. The van der Waals surface area contributed by atoms with E-state index in [-0.39, 0.29) is 23.8 Å². The van der Waals surface area contributed by atoms with Crippen LogP contribution >= 0.6 is 11.3 Å². The highest BCUT2D eigenvalue weighted by molar-refractivity contribution is 7.17. The third kappa shape index (κ3) is 6.26. The Labute approximate surface area is 204 Å². The van der Waals surface area contributed by atoms with E-state index in [0.29, 0.717) is 25.3 Å². The van der Waals surface area contributed by atoms with Crippen molar-refractivity contribution in [1.29, 1.82) is 0 Å². The number of alkyl carbamates (subject to hydrolysis) is 1. The minimum absolute atomic E-state index is 0.0545. The zero-order chi connectivity index (χ0) is 23.9. The second kappa shape index (κ2) is 11.3. The summed E-state index contributed by atoms with van der Waals surface area (Å²) in [5.74, 6) is 0.267. The smallest absolute Gasteiger partial charge is 0.407 e. The number of aromatic nitrogens is 1. The number of ether oxygens (including phenoxy) is 1. The number of nitrogens with two attached hydrogens (primary N) is 1. The topological polar surface area (TPSA) is 106 Å². The monoisotopic (exact) mass is 480 g/mol. The molecule has 0 aromatic carbocycles. The van der Waals surface area contributed by atoms with Gasteiger partial charge >= 0.3 is 6.09 Å². The van der Waals surface area contributed by atoms with E-state index in [2.05, 4.69) is 27.8 Å². The zero-order valence-corrected chi connectivity index (χ0v) is 20.3. The number of hydrogen-bond donors (Lipinski definition) is 3. The molecule has 2 atom stereocenters. The van der Waals surface area contributed by atoms with Gasteiger partial charge in [0.05, 0.1) is 12.3 Å². The summed E-state index contributed by atoms with van der Waals surface area (Å²) in [6.07, 6.45) is 14.4. The van der Waals surface area contributed by atoms with Crippen LogP contribution in [0.5, 0.6) is 0 Å². The Kier molecular flexibility index (Phi) is 8.00. The highest BCUT2D eigenvalue weighted by Crippen LogP contribution is 2.41. The molecule has 8 heteroatoms. The number of carbonyl (C=O) groups is 2. The lowest BCUT2D eigenvalue weighted by Gasteiger charge is -2.22. The number of nitrogen functional groups attached to an aromatic ring is 1.